The molecule has 1 aromatic carbocycles. The molecule has 1 aliphatic rings. The molecule has 18 heavy (non-hydrogen) atoms. The molecule has 0 amide bonds. The van der Waals surface area contributed by atoms with E-state index in [1.807, 2.05) is 11.3 Å². The van der Waals surface area contributed by atoms with Crippen molar-refractivity contribution in [1.82, 2.24) is 4.98 Å². The van der Waals surface area contributed by atoms with Gasteiger partial charge in [0.1, 0.15) is 0 Å². The van der Waals surface area contributed by atoms with Crippen molar-refractivity contribution in [2.45, 2.75) is 38.6 Å². The molecule has 94 valence electrons. The van der Waals surface area contributed by atoms with E-state index in [0.717, 1.165) is 25.0 Å². The number of aryl methyl sites for hydroxylation is 2. The monoisotopic (exact) mass is 258 g/mol. The van der Waals surface area contributed by atoms with Crippen LogP contribution < -0.4 is 5.73 Å². The van der Waals surface area contributed by atoms with Gasteiger partial charge in [-0.2, -0.15) is 0 Å². The van der Waals surface area contributed by atoms with E-state index < -0.39 is 0 Å². The van der Waals surface area contributed by atoms with Crippen molar-refractivity contribution in [3.05, 3.63) is 51.0 Å². The highest BCUT2D eigenvalue weighted by Crippen LogP contribution is 2.32. The molecule has 0 saturated carbocycles. The molecule has 0 fully saturated rings. The fraction of sp³-hybridized carbons (Fsp3) is 0.400. The van der Waals surface area contributed by atoms with Crippen LogP contribution in [0.15, 0.2) is 24.3 Å². The summed E-state index contributed by atoms with van der Waals surface area (Å²) in [7, 11) is 0. The summed E-state index contributed by atoms with van der Waals surface area (Å²) in [6.45, 7) is 2.12. The average molecular weight is 258 g/mol. The molecule has 3 heteroatoms. The van der Waals surface area contributed by atoms with Crippen LogP contribution in [0.2, 0.25) is 0 Å². The maximum Gasteiger partial charge on any atom is 0.0975 e. The molecule has 2 nitrogen and oxygen atoms in total. The Bertz CT molecular complexity index is 542. The Balaban J connectivity index is 1.83. The zero-order valence-electron chi connectivity index (χ0n) is 10.6. The Labute approximate surface area is 112 Å². The first-order valence-corrected chi connectivity index (χ1v) is 7.33. The zero-order valence-corrected chi connectivity index (χ0v) is 11.5. The van der Waals surface area contributed by atoms with Crippen molar-refractivity contribution in [3.63, 3.8) is 0 Å². The lowest BCUT2D eigenvalue weighted by molar-refractivity contribution is 0.562. The molecule has 1 aromatic heterocycles. The molecule has 2 aromatic rings. The highest BCUT2D eigenvalue weighted by Gasteiger charge is 2.21. The van der Waals surface area contributed by atoms with E-state index in [1.54, 1.807) is 0 Å². The van der Waals surface area contributed by atoms with Gasteiger partial charge >= 0.3 is 0 Å². The minimum Gasteiger partial charge on any atom is -0.323 e. The number of nitrogens with zero attached hydrogens (tertiary/aromatic N) is 1. The van der Waals surface area contributed by atoms with Gasteiger partial charge in [0.05, 0.1) is 10.7 Å². The standard InChI is InChI=1S/C15H18N2S/c1-10-5-7-11(8-6-10)9-14-17-15-12(16)3-2-4-13(15)18-14/h5-8,12H,2-4,9,16H2,1H3. The van der Waals surface area contributed by atoms with Gasteiger partial charge < -0.3 is 5.73 Å². The molecule has 0 spiro atoms. The fourth-order valence-electron chi connectivity index (χ4n) is 2.46. The molecule has 0 saturated heterocycles. The van der Waals surface area contributed by atoms with Crippen molar-refractivity contribution in [2.75, 3.05) is 0 Å². The highest BCUT2D eigenvalue weighted by atomic mass is 32.1. The van der Waals surface area contributed by atoms with Crippen LogP contribution in [0.4, 0.5) is 0 Å². The minimum atomic E-state index is 0.164. The van der Waals surface area contributed by atoms with Gasteiger partial charge in [0.25, 0.3) is 0 Å². The van der Waals surface area contributed by atoms with Crippen LogP contribution in [0.1, 0.15) is 45.6 Å². The van der Waals surface area contributed by atoms with Gasteiger partial charge in [-0.3, -0.25) is 0 Å². The van der Waals surface area contributed by atoms with Gasteiger partial charge in [-0.15, -0.1) is 11.3 Å². The summed E-state index contributed by atoms with van der Waals surface area (Å²) in [5.41, 5.74) is 9.92. The van der Waals surface area contributed by atoms with Gasteiger partial charge in [0, 0.05) is 17.3 Å². The van der Waals surface area contributed by atoms with Crippen LogP contribution in [0, 0.1) is 6.92 Å². The summed E-state index contributed by atoms with van der Waals surface area (Å²) < 4.78 is 0. The molecule has 0 aliphatic heterocycles. The SMILES string of the molecule is Cc1ccc(Cc2nc3c(s2)CCCC3N)cc1. The van der Waals surface area contributed by atoms with E-state index in [2.05, 4.69) is 31.2 Å². The molecule has 1 heterocycles. The van der Waals surface area contributed by atoms with E-state index in [9.17, 15) is 0 Å². The van der Waals surface area contributed by atoms with Crippen molar-refractivity contribution in [2.24, 2.45) is 5.73 Å². The number of fused-ring (bicyclic) bond motifs is 1. The third-order valence-corrected chi connectivity index (χ3v) is 4.65. The first-order chi connectivity index (χ1) is 8.72. The van der Waals surface area contributed by atoms with Crippen molar-refractivity contribution < 1.29 is 0 Å². The molecular formula is C15H18N2S. The predicted molar refractivity (Wildman–Crippen MR) is 76.0 cm³/mol. The Hall–Kier alpha value is -1.19. The van der Waals surface area contributed by atoms with E-state index in [0.29, 0.717) is 0 Å². The average Bonchev–Trinajstić information content (AvgIpc) is 2.76. The molecule has 2 N–H and O–H groups in total. The highest BCUT2D eigenvalue weighted by molar-refractivity contribution is 7.11. The van der Waals surface area contributed by atoms with E-state index in [1.165, 1.54) is 27.4 Å². The van der Waals surface area contributed by atoms with Gasteiger partial charge in [-0.05, 0) is 31.7 Å². The summed E-state index contributed by atoms with van der Waals surface area (Å²) in [4.78, 5) is 6.16. The van der Waals surface area contributed by atoms with Crippen LogP contribution in [0.25, 0.3) is 0 Å². The second kappa shape index (κ2) is 4.82. The molecule has 0 radical (unpaired) electrons. The van der Waals surface area contributed by atoms with Gasteiger partial charge in [0.15, 0.2) is 0 Å². The van der Waals surface area contributed by atoms with Crippen molar-refractivity contribution in [3.8, 4) is 0 Å². The Morgan fingerprint density at radius 2 is 2.11 bits per heavy atom. The molecular weight excluding hydrogens is 240 g/mol. The first-order valence-electron chi connectivity index (χ1n) is 6.52. The summed E-state index contributed by atoms with van der Waals surface area (Å²) >= 11 is 1.85. The lowest BCUT2D eigenvalue weighted by Gasteiger charge is -2.15. The summed E-state index contributed by atoms with van der Waals surface area (Å²) in [6.07, 6.45) is 4.39. The fourth-order valence-corrected chi connectivity index (χ4v) is 3.67. The predicted octanol–water partition coefficient (Wildman–Crippen LogP) is 3.38. The number of benzene rings is 1. The smallest absolute Gasteiger partial charge is 0.0975 e. The van der Waals surface area contributed by atoms with E-state index in [4.69, 9.17) is 10.7 Å². The topological polar surface area (TPSA) is 38.9 Å². The van der Waals surface area contributed by atoms with Gasteiger partial charge in [-0.1, -0.05) is 29.8 Å². The lowest BCUT2D eigenvalue weighted by Crippen LogP contribution is -2.16. The molecule has 1 atom stereocenters. The number of thiazole rings is 1. The normalized spacial score (nSPS) is 18.7. The molecule has 1 aliphatic carbocycles. The summed E-state index contributed by atoms with van der Waals surface area (Å²) in [6, 6.07) is 8.87. The second-order valence-corrected chi connectivity index (χ2v) is 6.25. The van der Waals surface area contributed by atoms with Crippen LogP contribution in [-0.2, 0) is 12.8 Å². The van der Waals surface area contributed by atoms with E-state index in [-0.39, 0.29) is 6.04 Å². The third-order valence-electron chi connectivity index (χ3n) is 3.52. The number of nitrogens with two attached hydrogens (primary N) is 1. The van der Waals surface area contributed by atoms with Gasteiger partial charge in [-0.25, -0.2) is 4.98 Å². The maximum atomic E-state index is 6.12. The summed E-state index contributed by atoms with van der Waals surface area (Å²) in [5.74, 6) is 0. The third kappa shape index (κ3) is 2.33. The quantitative estimate of drug-likeness (QED) is 0.897. The number of rotatable bonds is 2. The minimum absolute atomic E-state index is 0.164. The van der Waals surface area contributed by atoms with Crippen LogP contribution in [0.5, 0.6) is 0 Å². The number of aromatic nitrogens is 1. The number of hydrogen-bond acceptors (Lipinski definition) is 3. The number of hydrogen-bond donors (Lipinski definition) is 1. The Kier molecular flexibility index (Phi) is 3.18. The molecule has 1 unspecified atom stereocenters. The van der Waals surface area contributed by atoms with Crippen LogP contribution in [-0.4, -0.2) is 4.98 Å². The van der Waals surface area contributed by atoms with Gasteiger partial charge in [0.2, 0.25) is 0 Å². The Morgan fingerprint density at radius 1 is 1.33 bits per heavy atom. The van der Waals surface area contributed by atoms with Crippen molar-refractivity contribution in [1.29, 1.82) is 0 Å². The largest absolute Gasteiger partial charge is 0.323 e. The van der Waals surface area contributed by atoms with Crippen LogP contribution >= 0.6 is 11.3 Å². The Morgan fingerprint density at radius 3 is 2.83 bits per heavy atom. The zero-order chi connectivity index (χ0) is 12.5. The summed E-state index contributed by atoms with van der Waals surface area (Å²) in [5, 5.41) is 1.21. The van der Waals surface area contributed by atoms with Crippen molar-refractivity contribution >= 4 is 11.3 Å². The molecule has 0 bridgehead atoms. The van der Waals surface area contributed by atoms with E-state index >= 15 is 0 Å². The van der Waals surface area contributed by atoms with Crippen LogP contribution in [0.3, 0.4) is 0 Å². The second-order valence-electron chi connectivity index (χ2n) is 5.08. The molecule has 3 rings (SSSR count). The first kappa shape index (κ1) is 11.9. The maximum absolute atomic E-state index is 6.12. The lowest BCUT2D eigenvalue weighted by atomic mass is 9.99.